The Morgan fingerprint density at radius 3 is 1.26 bits per heavy atom. The lowest BCUT2D eigenvalue weighted by molar-refractivity contribution is 0.0431. The van der Waals surface area contributed by atoms with Crippen molar-refractivity contribution in [3.05, 3.63) is 214 Å². The first kappa shape index (κ1) is 51.6. The Morgan fingerprint density at radius 2 is 0.812 bits per heavy atom. The summed E-state index contributed by atoms with van der Waals surface area (Å²) in [5.74, 6) is -0.642. The molecule has 2 aliphatic rings. The lowest BCUT2D eigenvalue weighted by Gasteiger charge is -2.10. The van der Waals surface area contributed by atoms with Crippen LogP contribution in [0.3, 0.4) is 0 Å². The smallest absolute Gasteiger partial charge is 0.338 e. The molecule has 2 heterocycles. The van der Waals surface area contributed by atoms with Gasteiger partial charge in [0.05, 0.1) is 63.2 Å². The summed E-state index contributed by atoms with van der Waals surface area (Å²) in [4.78, 5) is 26.4. The Hall–Kier alpha value is -9.10. The topological polar surface area (TPSA) is 130 Å². The highest BCUT2D eigenvalue weighted by molar-refractivity contribution is 6.28. The average molecular weight is 1060 g/mol. The largest absolute Gasteiger partial charge is 0.462 e. The fourth-order valence-electron chi connectivity index (χ4n) is 11.2. The predicted octanol–water partition coefficient (Wildman–Crippen LogP) is 14.3. The van der Waals surface area contributed by atoms with Crippen molar-refractivity contribution in [2.45, 2.75) is 52.6 Å². The lowest BCUT2D eigenvalue weighted by Crippen LogP contribution is -2.12. The minimum absolute atomic E-state index is 0.321. The molecule has 12 nitrogen and oxygen atoms in total. The summed E-state index contributed by atoms with van der Waals surface area (Å²) in [6.07, 6.45) is 7.13. The molecule has 10 aromatic rings. The predicted molar refractivity (Wildman–Crippen MR) is 321 cm³/mol. The molecule has 0 amide bonds. The third-order valence-corrected chi connectivity index (χ3v) is 15.1. The van der Waals surface area contributed by atoms with E-state index >= 15 is 0 Å². The van der Waals surface area contributed by atoms with Crippen LogP contribution in [0.5, 0.6) is 0 Å². The Labute approximate surface area is 464 Å². The molecule has 0 aliphatic heterocycles. The molecule has 0 saturated heterocycles. The van der Waals surface area contributed by atoms with Crippen molar-refractivity contribution in [1.82, 2.24) is 9.13 Å². The van der Waals surface area contributed by atoms with Crippen LogP contribution >= 0.6 is 0 Å². The fourth-order valence-corrected chi connectivity index (χ4v) is 11.2. The molecule has 0 N–H and O–H groups in total. The molecular formula is C68H60N6O6. The van der Waals surface area contributed by atoms with Crippen molar-refractivity contribution in [2.75, 3.05) is 39.6 Å². The van der Waals surface area contributed by atoms with Gasteiger partial charge in [-0.25, -0.2) is 9.59 Å². The molecule has 0 fully saturated rings. The summed E-state index contributed by atoms with van der Waals surface area (Å²) in [6.45, 7) is 8.31. The first-order chi connectivity index (χ1) is 39.5. The summed E-state index contributed by atoms with van der Waals surface area (Å²) >= 11 is 0. The van der Waals surface area contributed by atoms with Crippen molar-refractivity contribution >= 4 is 79.4 Å². The number of hydrogen-bond donors (Lipinski definition) is 0. The fraction of sp³-hybridized carbons (Fsp3) is 0.206. The monoisotopic (exact) mass is 1060 g/mol. The van der Waals surface area contributed by atoms with Crippen molar-refractivity contribution in [3.63, 3.8) is 0 Å². The third-order valence-electron chi connectivity index (χ3n) is 15.1. The zero-order valence-corrected chi connectivity index (χ0v) is 44.9. The minimum atomic E-state index is -0.321. The highest BCUT2D eigenvalue weighted by atomic mass is 16.5. The van der Waals surface area contributed by atoms with E-state index < -0.39 is 0 Å². The number of aromatic nitrogens is 2. The van der Waals surface area contributed by atoms with Crippen LogP contribution in [0.1, 0.15) is 93.6 Å². The van der Waals surface area contributed by atoms with E-state index in [9.17, 15) is 9.59 Å². The number of rotatable bonds is 21. The molecule has 0 radical (unpaired) electrons. The maximum absolute atomic E-state index is 13.2. The van der Waals surface area contributed by atoms with E-state index in [1.165, 1.54) is 0 Å². The van der Waals surface area contributed by atoms with Crippen molar-refractivity contribution in [1.29, 1.82) is 0 Å². The number of carbonyl (C=O) groups excluding carboxylic acids is 2. The van der Waals surface area contributed by atoms with Crippen LogP contribution < -0.4 is 0 Å². The van der Waals surface area contributed by atoms with Crippen LogP contribution in [-0.4, -0.2) is 84.6 Å². The van der Waals surface area contributed by atoms with E-state index in [4.69, 9.17) is 29.2 Å². The van der Waals surface area contributed by atoms with Crippen molar-refractivity contribution in [2.24, 2.45) is 20.4 Å². The molecule has 0 unspecified atom stereocenters. The van der Waals surface area contributed by atoms with E-state index in [0.717, 1.165) is 136 Å². The summed E-state index contributed by atoms with van der Waals surface area (Å²) in [7, 11) is 0. The van der Waals surface area contributed by atoms with Crippen molar-refractivity contribution < 1.29 is 28.5 Å². The molecule has 2 aromatic heterocycles. The van der Waals surface area contributed by atoms with Gasteiger partial charge in [0, 0.05) is 90.1 Å². The lowest BCUT2D eigenvalue weighted by atomic mass is 9.99. The van der Waals surface area contributed by atoms with Crippen LogP contribution in [0.2, 0.25) is 0 Å². The Kier molecular flexibility index (Phi) is 15.2. The van der Waals surface area contributed by atoms with Gasteiger partial charge >= 0.3 is 11.9 Å². The van der Waals surface area contributed by atoms with Crippen LogP contribution in [0, 0.1) is 0 Å². The molecule has 8 aromatic carbocycles. The van der Waals surface area contributed by atoms with Gasteiger partial charge in [0.1, 0.15) is 11.4 Å². The summed E-state index contributed by atoms with van der Waals surface area (Å²) in [5, 5.41) is 23.3. The molecular weight excluding hydrogens is 997 g/mol. The number of ether oxygens (including phenoxy) is 4. The normalized spacial score (nSPS) is 13.6. The van der Waals surface area contributed by atoms with Gasteiger partial charge in [-0.05, 0) is 83.6 Å². The number of hydrogen-bond acceptors (Lipinski definition) is 10. The molecule has 0 atom stereocenters. The van der Waals surface area contributed by atoms with Gasteiger partial charge in [-0.3, -0.25) is 0 Å². The van der Waals surface area contributed by atoms with Gasteiger partial charge in [-0.1, -0.05) is 148 Å². The maximum Gasteiger partial charge on any atom is 0.338 e. The van der Waals surface area contributed by atoms with Crippen LogP contribution in [0.25, 0.3) is 65.9 Å². The number of unbranched alkanes of at least 4 members (excludes halogenated alkanes) is 2. The highest BCUT2D eigenvalue weighted by Gasteiger charge is 2.31. The maximum atomic E-state index is 13.2. The molecule has 12 heteroatoms. The third kappa shape index (κ3) is 10.0. The molecule has 0 spiro atoms. The van der Waals surface area contributed by atoms with Crippen LogP contribution in [-0.2, 0) is 32.0 Å². The summed E-state index contributed by atoms with van der Waals surface area (Å²) in [6, 6.07) is 57.1. The second-order valence-corrected chi connectivity index (χ2v) is 20.0. The number of fused-ring (bicyclic) bond motifs is 12. The Balaban J connectivity index is 0.676. The van der Waals surface area contributed by atoms with Gasteiger partial charge in [0.25, 0.3) is 0 Å². The van der Waals surface area contributed by atoms with E-state index in [2.05, 4.69) is 118 Å². The SMILES string of the molecule is CCCCOC(=O)c1cccc2c1-c1ccccc1/C2=N\N=C\c1ccc2c(c1)c1ccccc1n2CCOCCOCCn1c2ccccc2c2cc(/C=N/N=C3\c4ccccc4-c4c(C(=O)OCCCC)cccc43)ccc21. The van der Waals surface area contributed by atoms with Gasteiger partial charge in [-0.15, -0.1) is 10.2 Å². The molecule has 2 aliphatic carbocycles. The first-order valence-corrected chi connectivity index (χ1v) is 27.7. The van der Waals surface area contributed by atoms with E-state index in [1.54, 1.807) is 12.4 Å². The number of nitrogens with zero attached hydrogens (tertiary/aromatic N) is 6. The van der Waals surface area contributed by atoms with E-state index in [1.807, 2.05) is 84.9 Å². The van der Waals surface area contributed by atoms with Gasteiger partial charge < -0.3 is 28.1 Å². The summed E-state index contributed by atoms with van der Waals surface area (Å²) in [5.41, 5.74) is 16.1. The standard InChI is InChI=1S/C68H60N6O6/c1-3-5-35-79-67(75)55-25-15-23-53-63(55)49-19-7-9-21-51(49)65(53)71-69-43-45-29-31-61-57(41-45)47-17-11-13-27-59(47)73(61)33-37-77-39-40-78-38-34-74-60-28-14-12-18-48(60)58-42-46(30-32-62(58)74)44-70-72-66-52-22-10-8-20-50(52)64-54(66)24-16-26-56(64)68(76)80-36-6-4-2/h7-32,41-44H,3-6,33-40H2,1-2H3/b69-43+,70-44+,71-65+,72-66+. The molecule has 0 saturated carbocycles. The Morgan fingerprint density at radius 1 is 0.412 bits per heavy atom. The van der Waals surface area contributed by atoms with E-state index in [-0.39, 0.29) is 11.9 Å². The number of para-hydroxylation sites is 2. The molecule has 12 rings (SSSR count). The number of benzene rings is 8. The van der Waals surface area contributed by atoms with Gasteiger partial charge in [0.2, 0.25) is 0 Å². The zero-order valence-electron chi connectivity index (χ0n) is 44.9. The van der Waals surface area contributed by atoms with Crippen LogP contribution in [0.4, 0.5) is 0 Å². The zero-order chi connectivity index (χ0) is 54.4. The molecule has 398 valence electrons. The second-order valence-electron chi connectivity index (χ2n) is 20.0. The highest BCUT2D eigenvalue weighted by Crippen LogP contribution is 2.42. The van der Waals surface area contributed by atoms with Gasteiger partial charge in [0.15, 0.2) is 0 Å². The van der Waals surface area contributed by atoms with Crippen molar-refractivity contribution in [3.8, 4) is 22.3 Å². The van der Waals surface area contributed by atoms with Gasteiger partial charge in [-0.2, -0.15) is 10.2 Å². The minimum Gasteiger partial charge on any atom is -0.462 e. The summed E-state index contributed by atoms with van der Waals surface area (Å²) < 4.78 is 28.3. The number of carbonyl (C=O) groups is 2. The number of esters is 2. The molecule has 0 bridgehead atoms. The first-order valence-electron chi connectivity index (χ1n) is 27.7. The Bertz CT molecular complexity index is 3860. The second kappa shape index (κ2) is 23.5. The average Bonchev–Trinajstić information content (AvgIpc) is 4.29. The van der Waals surface area contributed by atoms with Crippen LogP contribution in [0.15, 0.2) is 190 Å². The molecule has 80 heavy (non-hydrogen) atoms. The quantitative estimate of drug-likeness (QED) is 0.0305. The van der Waals surface area contributed by atoms with E-state index in [0.29, 0.717) is 63.9 Å².